The van der Waals surface area contributed by atoms with Crippen molar-refractivity contribution >= 4 is 92.2 Å². The Balaban J connectivity index is 0.000000287. The standard InChI is InChI=1S/C31H43N5O4.C24H31N5O4.C17H16N4O.C14H27NO4.2CH4.Na/c1-30(2,3)40-27(37)18-24-17-23(38-31(4,5)39-24)14-15-34-19-22-10-7-20(8-11-22)6-9-21-12-13-26-25(16-21)28(32)36-29(33)35-26;25-23-20-11-16(7-8-21(20)28-24(26)29-23)4-1-15-2-5-17(6-3-15)14-27-10-9-18(30)12-19(31)13-22(32)33;18-16-14-9-12(7-8-15(14)20-17(19)21-16)4-1-11-2-5-13(10-22)6-3-11;1-13(2,3)19-12(16)9-11-8-10(6-7-15)17-14(4,5)18-11;;;/h7-8,10-13,16,23-24,34H,6,9,14-15,17-19H2,1-5H3,(H4,32,33,35,36);2-3,5-8,11,18-19,27,30-31H,1,4,9-10,12-14H2,(H,32,33)(H4,25,26,28,29);2-3,5-10H,1,4H2,(H4,18,19,20,21);10-11H,6-9,15H2,1-5H3;2*1H4;/q;;;;;;+1/p-1/t23-,24-;18-,19-;;10-,11-;;;/m11.1.../s1. The first kappa shape index (κ1) is 98.4. The average Bonchev–Trinajstić information content (AvgIpc) is 0.823. The van der Waals surface area contributed by atoms with Crippen LogP contribution in [0.4, 0.5) is 35.3 Å². The average molecular weight is 1620 g/mol. The summed E-state index contributed by atoms with van der Waals surface area (Å²) in [5.74, 6) is -1.45. The maximum Gasteiger partial charge on any atom is 1.00 e. The number of nitrogens with two attached hydrogens (primary N) is 7. The second-order valence-corrected chi connectivity index (χ2v) is 31.9. The topological polar surface area (TPSA) is 471 Å². The number of nitrogens with one attached hydrogen (secondary N) is 2. The number of aryl methyl sites for hydroxylation is 6. The molecule has 2 saturated heterocycles. The number of nitrogen functional groups attached to an aromatic ring is 6. The minimum atomic E-state index is -1.32. The molecule has 630 valence electrons. The molecule has 117 heavy (non-hydrogen) atoms. The summed E-state index contributed by atoms with van der Waals surface area (Å²) in [5, 5.41) is 39.1. The number of carboxylic acid groups (broad SMARTS) is 1. The Labute approximate surface area is 710 Å². The van der Waals surface area contributed by atoms with E-state index in [4.69, 9.17) is 68.6 Å². The van der Waals surface area contributed by atoms with Crippen LogP contribution in [0.3, 0.4) is 0 Å². The van der Waals surface area contributed by atoms with Crippen molar-refractivity contribution in [1.82, 2.24) is 40.5 Å². The van der Waals surface area contributed by atoms with Gasteiger partial charge in [-0.3, -0.25) is 14.4 Å². The number of aldehydes is 1. The van der Waals surface area contributed by atoms with E-state index in [9.17, 15) is 34.5 Å². The van der Waals surface area contributed by atoms with Crippen LogP contribution in [0.25, 0.3) is 32.7 Å². The molecule has 9 aromatic rings. The molecule has 6 atom stereocenters. The van der Waals surface area contributed by atoms with Crippen LogP contribution < -0.4 is 85.4 Å². The van der Waals surface area contributed by atoms with Crippen molar-refractivity contribution < 1.29 is 92.5 Å². The summed E-state index contributed by atoms with van der Waals surface area (Å²) in [6.07, 6.45) is 7.45. The van der Waals surface area contributed by atoms with Gasteiger partial charge in [0.25, 0.3) is 0 Å². The third-order valence-electron chi connectivity index (χ3n) is 18.6. The molecule has 18 N–H and O–H groups in total. The van der Waals surface area contributed by atoms with Crippen LogP contribution in [0.15, 0.2) is 127 Å². The largest absolute Gasteiger partial charge is 1.00 e. The van der Waals surface area contributed by atoms with Crippen molar-refractivity contribution in [2.75, 3.05) is 54.0 Å². The molecule has 3 aromatic heterocycles. The van der Waals surface area contributed by atoms with Gasteiger partial charge in [-0.1, -0.05) is 106 Å². The molecule has 28 nitrogen and oxygen atoms in total. The van der Waals surface area contributed by atoms with Gasteiger partial charge in [-0.25, -0.2) is 15.0 Å². The Hall–Kier alpha value is -9.14. The Bertz CT molecular complexity index is 4630. The van der Waals surface area contributed by atoms with Crippen molar-refractivity contribution in [3.8, 4) is 0 Å². The van der Waals surface area contributed by atoms with Crippen molar-refractivity contribution in [2.24, 2.45) is 5.73 Å². The number of aliphatic carboxylic acids is 1. The number of hydrogen-bond donors (Lipinski definition) is 11. The first-order valence-corrected chi connectivity index (χ1v) is 38.9. The summed E-state index contributed by atoms with van der Waals surface area (Å²) < 4.78 is 34.5. The zero-order chi connectivity index (χ0) is 82.9. The maximum absolute atomic E-state index is 12.3. The summed E-state index contributed by atoms with van der Waals surface area (Å²) in [5.41, 5.74) is 51.9. The number of carbonyl (C=O) groups excluding carboxylic acids is 4. The van der Waals surface area contributed by atoms with Gasteiger partial charge in [0.05, 0.1) is 66.0 Å². The molecule has 0 spiro atoms. The fourth-order valence-electron chi connectivity index (χ4n) is 13.5. The normalized spacial score (nSPS) is 16.6. The predicted octanol–water partition coefficient (Wildman–Crippen LogP) is 7.66. The number of hydrogen-bond acceptors (Lipinski definition) is 28. The molecule has 0 radical (unpaired) electrons. The van der Waals surface area contributed by atoms with Crippen LogP contribution in [0.2, 0.25) is 0 Å². The second kappa shape index (κ2) is 46.3. The van der Waals surface area contributed by atoms with Gasteiger partial charge >= 0.3 is 41.5 Å². The number of aromatic nitrogens is 6. The molecule has 6 aromatic carbocycles. The molecule has 29 heteroatoms. The minimum absolute atomic E-state index is 0. The van der Waals surface area contributed by atoms with E-state index >= 15 is 0 Å². The summed E-state index contributed by atoms with van der Waals surface area (Å²) in [6, 6.07) is 42.6. The van der Waals surface area contributed by atoms with E-state index in [0.29, 0.717) is 61.9 Å². The fraction of sp³-hybridized carbons (Fsp3) is 0.477. The van der Waals surface area contributed by atoms with Gasteiger partial charge in [0.1, 0.15) is 34.9 Å². The van der Waals surface area contributed by atoms with E-state index in [2.05, 4.69) is 95.1 Å². The van der Waals surface area contributed by atoms with Gasteiger partial charge in [-0.2, -0.15) is 15.0 Å². The molecule has 5 heterocycles. The third-order valence-corrected chi connectivity index (χ3v) is 18.6. The molecule has 2 aliphatic heterocycles. The van der Waals surface area contributed by atoms with Crippen LogP contribution in [0.5, 0.6) is 0 Å². The summed E-state index contributed by atoms with van der Waals surface area (Å²) in [7, 11) is 0. The van der Waals surface area contributed by atoms with Crippen LogP contribution in [-0.2, 0) is 94.4 Å². The SMILES string of the molecule is C.C.CC(C)(C)OC(=O)C[C@H]1C[C@@H](CCN)OC(C)(C)O1.CC(C)(C)OC(=O)C[C@H]1C[C@@H](CCNCc2ccc(CCc3ccc4nc(N)nc(N)c4c3)cc2)OC(C)(C)O1.Nc1nc(N)c2cc(CCc3ccc(C=O)cc3)ccc2n1.Nc1nc(N)c2cc(CCc3ccc(CNCC[C@@H](O)C[C@@H](O)CC(=O)[O-])cc3)ccc2n1.[Na+]. The second-order valence-electron chi connectivity index (χ2n) is 31.9. The number of esters is 2. The number of nitrogens with zero attached hydrogens (tertiary/aromatic N) is 6. The Morgan fingerprint density at radius 2 is 0.821 bits per heavy atom. The maximum atomic E-state index is 12.3. The molecule has 0 saturated carbocycles. The monoisotopic (exact) mass is 1620 g/mol. The van der Waals surface area contributed by atoms with E-state index in [1.165, 1.54) is 27.8 Å². The van der Waals surface area contributed by atoms with Gasteiger partial charge in [0, 0.05) is 60.0 Å². The van der Waals surface area contributed by atoms with Gasteiger partial charge in [0.15, 0.2) is 11.6 Å². The number of benzene rings is 6. The first-order valence-electron chi connectivity index (χ1n) is 38.9. The van der Waals surface area contributed by atoms with Gasteiger partial charge in [-0.15, -0.1) is 0 Å². The molecule has 11 rings (SSSR count). The van der Waals surface area contributed by atoms with Crippen molar-refractivity contribution in [3.63, 3.8) is 0 Å². The zero-order valence-corrected chi connectivity index (χ0v) is 70.4. The number of aliphatic hydroxyl groups is 2. The minimum Gasteiger partial charge on any atom is -0.550 e. The van der Waals surface area contributed by atoms with Crippen LogP contribution >= 0.6 is 0 Å². The van der Waals surface area contributed by atoms with Crippen LogP contribution in [0.1, 0.15) is 197 Å². The van der Waals surface area contributed by atoms with E-state index in [0.717, 1.165) is 120 Å². The Morgan fingerprint density at radius 3 is 1.17 bits per heavy atom. The molecular formula is C88H124N15NaO13. The fourth-order valence-corrected chi connectivity index (χ4v) is 13.5. The number of fused-ring (bicyclic) bond motifs is 3. The van der Waals surface area contributed by atoms with E-state index < -0.39 is 47.4 Å². The number of rotatable bonds is 30. The van der Waals surface area contributed by atoms with Gasteiger partial charge < -0.3 is 99.3 Å². The van der Waals surface area contributed by atoms with E-state index in [1.54, 1.807) is 0 Å². The van der Waals surface area contributed by atoms with Gasteiger partial charge in [0.2, 0.25) is 17.8 Å². The predicted molar refractivity (Wildman–Crippen MR) is 456 cm³/mol. The van der Waals surface area contributed by atoms with Crippen LogP contribution in [-0.4, -0.2) is 143 Å². The molecule has 2 aliphatic rings. The van der Waals surface area contributed by atoms with Crippen LogP contribution in [0, 0.1) is 0 Å². The molecule has 0 amide bonds. The smallest absolute Gasteiger partial charge is 0.550 e. The Kier molecular flexibility index (Phi) is 38.9. The first-order chi connectivity index (χ1) is 53.9. The molecular weight excluding hydrogens is 1500 g/mol. The number of anilines is 6. The zero-order valence-electron chi connectivity index (χ0n) is 68.4. The molecule has 0 bridgehead atoms. The number of carbonyl (C=O) groups is 4. The summed E-state index contributed by atoms with van der Waals surface area (Å²) in [4.78, 5) is 69.9. The summed E-state index contributed by atoms with van der Waals surface area (Å²) in [6.45, 7) is 22.1. The molecule has 0 aliphatic carbocycles. The third kappa shape index (κ3) is 34.8. The quantitative estimate of drug-likeness (QED) is 0.00890. The van der Waals surface area contributed by atoms with Crippen molar-refractivity contribution in [2.45, 2.75) is 253 Å². The summed E-state index contributed by atoms with van der Waals surface area (Å²) >= 11 is 0. The van der Waals surface area contributed by atoms with E-state index in [1.807, 2.05) is 142 Å². The molecule has 0 unspecified atom stereocenters. The van der Waals surface area contributed by atoms with Crippen molar-refractivity contribution in [3.05, 3.63) is 177 Å². The van der Waals surface area contributed by atoms with Crippen molar-refractivity contribution in [1.29, 1.82) is 0 Å². The number of aliphatic hydroxyl groups excluding tert-OH is 2. The molecule has 2 fully saturated rings. The van der Waals surface area contributed by atoms with Gasteiger partial charge in [-0.05, 0) is 234 Å². The number of carboxylic acids is 1. The Morgan fingerprint density at radius 1 is 0.496 bits per heavy atom. The number of ether oxygens (including phenoxy) is 6. The van der Waals surface area contributed by atoms with E-state index in [-0.39, 0.29) is 118 Å².